The van der Waals surface area contributed by atoms with Crippen LogP contribution in [0.4, 0.5) is 5.69 Å². The van der Waals surface area contributed by atoms with Gasteiger partial charge in [-0.15, -0.1) is 0 Å². The molecule has 2 nitrogen and oxygen atoms in total. The van der Waals surface area contributed by atoms with Crippen molar-refractivity contribution in [3.8, 4) is 5.75 Å². The average molecular weight is 249 g/mol. The summed E-state index contributed by atoms with van der Waals surface area (Å²) >= 11 is 0. The van der Waals surface area contributed by atoms with Crippen LogP contribution in [-0.4, -0.2) is 12.8 Å². The van der Waals surface area contributed by atoms with Gasteiger partial charge in [-0.2, -0.15) is 0 Å². The number of ether oxygens (including phenoxy) is 1. The normalized spacial score (nSPS) is 19.8. The van der Waals surface area contributed by atoms with Crippen LogP contribution in [0.25, 0.3) is 6.08 Å². The van der Waals surface area contributed by atoms with Crippen molar-refractivity contribution in [3.05, 3.63) is 65.7 Å². The predicted octanol–water partition coefficient (Wildman–Crippen LogP) is 3.48. The number of anilines is 1. The van der Waals surface area contributed by atoms with Crippen LogP contribution in [0.2, 0.25) is 0 Å². The Balaban J connectivity index is 1.67. The lowest BCUT2D eigenvalue weighted by Crippen LogP contribution is -2.38. The molecular weight excluding hydrogens is 234 g/mol. The molecule has 0 saturated carbocycles. The molecule has 2 heterocycles. The molecule has 0 aromatic heterocycles. The minimum atomic E-state index is 0.0125. The smallest absolute Gasteiger partial charge is 0.192 e. The molecule has 2 aromatic rings. The maximum absolute atomic E-state index is 6.11. The Hall–Kier alpha value is -2.22. The predicted molar refractivity (Wildman–Crippen MR) is 77.4 cm³/mol. The summed E-state index contributed by atoms with van der Waals surface area (Å²) in [5, 5.41) is 0. The Morgan fingerprint density at radius 2 is 1.84 bits per heavy atom. The van der Waals surface area contributed by atoms with Gasteiger partial charge in [0.2, 0.25) is 0 Å². The summed E-state index contributed by atoms with van der Waals surface area (Å²) in [6, 6.07) is 16.8. The fourth-order valence-corrected chi connectivity index (χ4v) is 2.88. The third-order valence-corrected chi connectivity index (χ3v) is 3.84. The van der Waals surface area contributed by atoms with Crippen molar-refractivity contribution in [1.82, 2.24) is 0 Å². The highest BCUT2D eigenvalue weighted by Crippen LogP contribution is 2.33. The lowest BCUT2D eigenvalue weighted by atomic mass is 10.1. The first-order valence-electron chi connectivity index (χ1n) is 6.70. The Kier molecular flexibility index (Phi) is 2.34. The maximum Gasteiger partial charge on any atom is 0.192 e. The number of para-hydroxylation sites is 2. The van der Waals surface area contributed by atoms with Crippen LogP contribution in [0.5, 0.6) is 5.75 Å². The molecule has 2 aliphatic heterocycles. The highest BCUT2D eigenvalue weighted by Gasteiger charge is 2.27. The van der Waals surface area contributed by atoms with Gasteiger partial charge in [0.25, 0.3) is 0 Å². The Morgan fingerprint density at radius 3 is 2.84 bits per heavy atom. The van der Waals surface area contributed by atoms with Crippen molar-refractivity contribution in [2.24, 2.45) is 0 Å². The van der Waals surface area contributed by atoms with Crippen molar-refractivity contribution in [3.63, 3.8) is 0 Å². The highest BCUT2D eigenvalue weighted by molar-refractivity contribution is 5.64. The molecule has 2 aliphatic rings. The highest BCUT2D eigenvalue weighted by atomic mass is 16.5. The van der Waals surface area contributed by atoms with Crippen LogP contribution in [0.3, 0.4) is 0 Å². The largest absolute Gasteiger partial charge is 0.466 e. The fourth-order valence-electron chi connectivity index (χ4n) is 2.88. The number of nitrogens with zero attached hydrogens (tertiary/aromatic N) is 1. The molecule has 0 radical (unpaired) electrons. The molecule has 0 bridgehead atoms. The number of hydrogen-bond acceptors (Lipinski definition) is 2. The summed E-state index contributed by atoms with van der Waals surface area (Å²) < 4.78 is 6.11. The van der Waals surface area contributed by atoms with Gasteiger partial charge in [0.15, 0.2) is 6.23 Å². The molecule has 94 valence electrons. The Bertz CT molecular complexity index is 647. The summed E-state index contributed by atoms with van der Waals surface area (Å²) in [5.74, 6) is 0.972. The van der Waals surface area contributed by atoms with E-state index in [2.05, 4.69) is 47.4 Å². The van der Waals surface area contributed by atoms with E-state index in [0.29, 0.717) is 0 Å². The third-order valence-electron chi connectivity index (χ3n) is 3.84. The lowest BCUT2D eigenvalue weighted by molar-refractivity contribution is 0.241. The second kappa shape index (κ2) is 4.16. The summed E-state index contributed by atoms with van der Waals surface area (Å²) in [6.07, 6.45) is 5.42. The SMILES string of the molecule is C1=CC(N2CCc3ccccc32)Oc2ccccc21. The number of benzene rings is 2. The molecule has 0 N–H and O–H groups in total. The van der Waals surface area contributed by atoms with Crippen molar-refractivity contribution in [2.45, 2.75) is 12.6 Å². The van der Waals surface area contributed by atoms with Crippen LogP contribution in [0.15, 0.2) is 54.6 Å². The monoisotopic (exact) mass is 249 g/mol. The average Bonchev–Trinajstić information content (AvgIpc) is 2.91. The van der Waals surface area contributed by atoms with Crippen LogP contribution >= 0.6 is 0 Å². The van der Waals surface area contributed by atoms with Gasteiger partial charge in [0.1, 0.15) is 5.75 Å². The molecule has 0 aliphatic carbocycles. The molecule has 0 fully saturated rings. The van der Waals surface area contributed by atoms with E-state index < -0.39 is 0 Å². The van der Waals surface area contributed by atoms with Gasteiger partial charge in [-0.3, -0.25) is 0 Å². The van der Waals surface area contributed by atoms with Crippen LogP contribution < -0.4 is 9.64 Å². The number of fused-ring (bicyclic) bond motifs is 2. The second-order valence-electron chi connectivity index (χ2n) is 4.98. The molecule has 4 rings (SSSR count). The maximum atomic E-state index is 6.11. The third kappa shape index (κ3) is 1.72. The zero-order valence-electron chi connectivity index (χ0n) is 10.6. The van der Waals surface area contributed by atoms with Gasteiger partial charge in [-0.05, 0) is 36.3 Å². The Labute approximate surface area is 112 Å². The van der Waals surface area contributed by atoms with E-state index >= 15 is 0 Å². The van der Waals surface area contributed by atoms with Crippen molar-refractivity contribution in [2.75, 3.05) is 11.4 Å². The van der Waals surface area contributed by atoms with Crippen molar-refractivity contribution in [1.29, 1.82) is 0 Å². The van der Waals surface area contributed by atoms with Crippen LogP contribution in [0.1, 0.15) is 11.1 Å². The standard InChI is InChI=1S/C17H15NO/c1-3-7-15-13(5-1)11-12-18(15)17-10-9-14-6-2-4-8-16(14)19-17/h1-10,17H,11-12H2. The van der Waals surface area contributed by atoms with Crippen LogP contribution in [0, 0.1) is 0 Å². The van der Waals surface area contributed by atoms with Gasteiger partial charge in [0.05, 0.1) is 0 Å². The van der Waals surface area contributed by atoms with Crippen molar-refractivity contribution < 1.29 is 4.74 Å². The quantitative estimate of drug-likeness (QED) is 0.767. The Morgan fingerprint density at radius 1 is 1.00 bits per heavy atom. The first kappa shape index (κ1) is 10.7. The van der Waals surface area contributed by atoms with Crippen LogP contribution in [-0.2, 0) is 6.42 Å². The number of rotatable bonds is 1. The van der Waals surface area contributed by atoms with E-state index in [0.717, 1.165) is 24.3 Å². The summed E-state index contributed by atoms with van der Waals surface area (Å²) in [6.45, 7) is 1.02. The van der Waals surface area contributed by atoms with Crippen molar-refractivity contribution >= 4 is 11.8 Å². The molecule has 0 saturated heterocycles. The molecular formula is C17H15NO. The second-order valence-corrected chi connectivity index (χ2v) is 4.98. The fraction of sp³-hybridized carbons (Fsp3) is 0.176. The lowest BCUT2D eigenvalue weighted by Gasteiger charge is -2.31. The van der Waals surface area contributed by atoms with E-state index in [1.165, 1.54) is 11.3 Å². The molecule has 0 amide bonds. The molecule has 1 unspecified atom stereocenters. The summed E-state index contributed by atoms with van der Waals surface area (Å²) in [5.41, 5.74) is 3.88. The first-order chi connectivity index (χ1) is 9.42. The van der Waals surface area contributed by atoms with Gasteiger partial charge in [-0.1, -0.05) is 36.4 Å². The molecule has 0 spiro atoms. The van der Waals surface area contributed by atoms with E-state index in [9.17, 15) is 0 Å². The van der Waals surface area contributed by atoms with Gasteiger partial charge in [0, 0.05) is 17.8 Å². The van der Waals surface area contributed by atoms with E-state index in [-0.39, 0.29) is 6.23 Å². The zero-order valence-corrected chi connectivity index (χ0v) is 10.6. The summed E-state index contributed by atoms with van der Waals surface area (Å²) in [7, 11) is 0. The van der Waals surface area contributed by atoms with Gasteiger partial charge >= 0.3 is 0 Å². The molecule has 1 atom stereocenters. The zero-order chi connectivity index (χ0) is 12.7. The van der Waals surface area contributed by atoms with E-state index in [1.54, 1.807) is 0 Å². The topological polar surface area (TPSA) is 12.5 Å². The van der Waals surface area contributed by atoms with E-state index in [1.807, 2.05) is 18.2 Å². The van der Waals surface area contributed by atoms with Gasteiger partial charge in [-0.25, -0.2) is 0 Å². The first-order valence-corrected chi connectivity index (χ1v) is 6.70. The minimum absolute atomic E-state index is 0.0125. The van der Waals surface area contributed by atoms with E-state index in [4.69, 9.17) is 4.74 Å². The number of hydrogen-bond donors (Lipinski definition) is 0. The minimum Gasteiger partial charge on any atom is -0.466 e. The van der Waals surface area contributed by atoms with Gasteiger partial charge < -0.3 is 9.64 Å². The molecule has 2 aromatic carbocycles. The summed E-state index contributed by atoms with van der Waals surface area (Å²) in [4.78, 5) is 2.34. The molecule has 19 heavy (non-hydrogen) atoms. The molecule has 2 heteroatoms.